The Labute approximate surface area is 129 Å². The van der Waals surface area contributed by atoms with Crippen LogP contribution in [0.1, 0.15) is 18.0 Å². The van der Waals surface area contributed by atoms with Crippen LogP contribution in [0.15, 0.2) is 42.6 Å². The minimum atomic E-state index is -0.283. The Balaban J connectivity index is 1.68. The van der Waals surface area contributed by atoms with Crippen LogP contribution < -0.4 is 10.1 Å². The van der Waals surface area contributed by atoms with Crippen LogP contribution in [0, 0.1) is 5.82 Å². The van der Waals surface area contributed by atoms with Crippen LogP contribution in [0.2, 0.25) is 0 Å². The smallest absolute Gasteiger partial charge is 0.219 e. The molecule has 0 aliphatic carbocycles. The SMILES string of the molecule is CN1CCC[N]C(c2ccc(Oc3ccc(F)cc3)nc2)C1. The van der Waals surface area contributed by atoms with Gasteiger partial charge < -0.3 is 9.64 Å². The number of hydrogen-bond donors (Lipinski definition) is 0. The third kappa shape index (κ3) is 3.81. The summed E-state index contributed by atoms with van der Waals surface area (Å²) < 4.78 is 18.5. The van der Waals surface area contributed by atoms with Crippen LogP contribution in [0.3, 0.4) is 0 Å². The van der Waals surface area contributed by atoms with E-state index in [0.717, 1.165) is 31.6 Å². The molecule has 0 amide bonds. The van der Waals surface area contributed by atoms with Crippen molar-refractivity contribution in [3.05, 3.63) is 54.0 Å². The first kappa shape index (κ1) is 14.9. The number of hydrogen-bond acceptors (Lipinski definition) is 3. The van der Waals surface area contributed by atoms with Gasteiger partial charge in [0.05, 0.1) is 6.04 Å². The summed E-state index contributed by atoms with van der Waals surface area (Å²) in [7, 11) is 2.12. The molecule has 3 rings (SSSR count). The number of ether oxygens (including phenoxy) is 1. The number of rotatable bonds is 3. The zero-order chi connectivity index (χ0) is 15.4. The Morgan fingerprint density at radius 3 is 2.73 bits per heavy atom. The maximum absolute atomic E-state index is 12.9. The van der Waals surface area contributed by atoms with Crippen molar-refractivity contribution in [2.45, 2.75) is 12.5 Å². The molecule has 0 bridgehead atoms. The van der Waals surface area contributed by atoms with Gasteiger partial charge in [0, 0.05) is 25.4 Å². The Morgan fingerprint density at radius 2 is 2.00 bits per heavy atom. The Bertz CT molecular complexity index is 600. The van der Waals surface area contributed by atoms with Crippen molar-refractivity contribution in [3.63, 3.8) is 0 Å². The lowest BCUT2D eigenvalue weighted by atomic mass is 10.1. The van der Waals surface area contributed by atoms with Gasteiger partial charge in [-0.15, -0.1) is 0 Å². The molecule has 1 aliphatic rings. The highest BCUT2D eigenvalue weighted by Crippen LogP contribution is 2.22. The van der Waals surface area contributed by atoms with Crippen LogP contribution in [0.4, 0.5) is 4.39 Å². The third-order valence-electron chi connectivity index (χ3n) is 3.71. The van der Waals surface area contributed by atoms with Crippen LogP contribution >= 0.6 is 0 Å². The first-order chi connectivity index (χ1) is 10.7. The van der Waals surface area contributed by atoms with Crippen LogP contribution in [-0.4, -0.2) is 36.6 Å². The number of pyridine rings is 1. The Kier molecular flexibility index (Phi) is 4.65. The molecular weight excluding hydrogens is 281 g/mol. The van der Waals surface area contributed by atoms with E-state index in [4.69, 9.17) is 10.1 Å². The fourth-order valence-electron chi connectivity index (χ4n) is 2.52. The molecule has 2 heterocycles. The molecule has 4 nitrogen and oxygen atoms in total. The van der Waals surface area contributed by atoms with Gasteiger partial charge in [-0.1, -0.05) is 6.07 Å². The molecule has 1 aromatic carbocycles. The van der Waals surface area contributed by atoms with Gasteiger partial charge in [0.15, 0.2) is 0 Å². The van der Waals surface area contributed by atoms with E-state index in [1.807, 2.05) is 18.3 Å². The zero-order valence-electron chi connectivity index (χ0n) is 12.6. The molecular formula is C17H19FN3O. The lowest BCUT2D eigenvalue weighted by molar-refractivity contribution is 0.325. The normalized spacial score (nSPS) is 19.6. The first-order valence-electron chi connectivity index (χ1n) is 7.45. The van der Waals surface area contributed by atoms with E-state index < -0.39 is 0 Å². The maximum Gasteiger partial charge on any atom is 0.219 e. The van der Waals surface area contributed by atoms with E-state index in [-0.39, 0.29) is 11.9 Å². The predicted octanol–water partition coefficient (Wildman–Crippen LogP) is 2.99. The summed E-state index contributed by atoms with van der Waals surface area (Å²) in [6.07, 6.45) is 2.92. The Hall–Kier alpha value is -1.98. The highest BCUT2D eigenvalue weighted by atomic mass is 19.1. The number of nitrogens with zero attached hydrogens (tertiary/aromatic N) is 3. The molecule has 1 radical (unpaired) electrons. The van der Waals surface area contributed by atoms with Crippen molar-refractivity contribution in [2.75, 3.05) is 26.7 Å². The summed E-state index contributed by atoms with van der Waals surface area (Å²) in [5.74, 6) is 0.785. The van der Waals surface area contributed by atoms with Gasteiger partial charge in [-0.3, -0.25) is 0 Å². The molecule has 22 heavy (non-hydrogen) atoms. The molecule has 1 saturated heterocycles. The van der Waals surface area contributed by atoms with Gasteiger partial charge in [-0.05, 0) is 49.8 Å². The summed E-state index contributed by atoms with van der Waals surface area (Å²) in [6, 6.07) is 9.90. The zero-order valence-corrected chi connectivity index (χ0v) is 12.6. The number of halogens is 1. The molecule has 1 atom stereocenters. The van der Waals surface area contributed by atoms with Crippen molar-refractivity contribution >= 4 is 0 Å². The highest BCUT2D eigenvalue weighted by molar-refractivity contribution is 5.28. The molecule has 5 heteroatoms. The Morgan fingerprint density at radius 1 is 1.18 bits per heavy atom. The van der Waals surface area contributed by atoms with Gasteiger partial charge in [-0.25, -0.2) is 14.7 Å². The fraction of sp³-hybridized carbons (Fsp3) is 0.353. The highest BCUT2D eigenvalue weighted by Gasteiger charge is 2.18. The predicted molar refractivity (Wildman–Crippen MR) is 82.6 cm³/mol. The third-order valence-corrected chi connectivity index (χ3v) is 3.71. The van der Waals surface area contributed by atoms with Crippen molar-refractivity contribution in [3.8, 4) is 11.6 Å². The molecule has 0 N–H and O–H groups in total. The van der Waals surface area contributed by atoms with E-state index >= 15 is 0 Å². The summed E-state index contributed by atoms with van der Waals surface area (Å²) in [5.41, 5.74) is 1.10. The number of benzene rings is 1. The second-order valence-corrected chi connectivity index (χ2v) is 5.52. The largest absolute Gasteiger partial charge is 0.439 e. The molecule has 0 saturated carbocycles. The number of likely N-dealkylation sites (N-methyl/N-ethyl adjacent to an activating group) is 1. The molecule has 2 aromatic rings. The van der Waals surface area contributed by atoms with Gasteiger partial charge in [0.1, 0.15) is 11.6 Å². The van der Waals surface area contributed by atoms with Crippen LogP contribution in [0.25, 0.3) is 0 Å². The van der Waals surface area contributed by atoms with Crippen molar-refractivity contribution in [2.24, 2.45) is 0 Å². The standard InChI is InChI=1S/C17H19FN3O/c1-21-10-2-9-19-16(12-21)13-3-8-17(20-11-13)22-15-6-4-14(18)5-7-15/h3-8,11,16H,2,9-10,12H2,1H3. The van der Waals surface area contributed by atoms with Crippen molar-refractivity contribution in [1.82, 2.24) is 15.2 Å². The second-order valence-electron chi connectivity index (χ2n) is 5.52. The summed E-state index contributed by atoms with van der Waals surface area (Å²) in [5, 5.41) is 4.70. The molecule has 1 fully saturated rings. The van der Waals surface area contributed by atoms with Gasteiger partial charge in [0.25, 0.3) is 0 Å². The lowest BCUT2D eigenvalue weighted by Gasteiger charge is -2.19. The lowest BCUT2D eigenvalue weighted by Crippen LogP contribution is -2.25. The fourth-order valence-corrected chi connectivity index (χ4v) is 2.52. The van der Waals surface area contributed by atoms with Crippen molar-refractivity contribution in [1.29, 1.82) is 0 Å². The molecule has 0 spiro atoms. The average Bonchev–Trinajstić information content (AvgIpc) is 2.75. The quantitative estimate of drug-likeness (QED) is 0.875. The van der Waals surface area contributed by atoms with E-state index in [9.17, 15) is 4.39 Å². The molecule has 1 aliphatic heterocycles. The van der Waals surface area contributed by atoms with Gasteiger partial charge in [0.2, 0.25) is 5.88 Å². The minimum absolute atomic E-state index is 0.167. The summed E-state index contributed by atoms with van der Waals surface area (Å²) in [4.78, 5) is 6.63. The summed E-state index contributed by atoms with van der Waals surface area (Å²) >= 11 is 0. The van der Waals surface area contributed by atoms with E-state index in [0.29, 0.717) is 11.6 Å². The molecule has 1 aromatic heterocycles. The minimum Gasteiger partial charge on any atom is -0.439 e. The van der Waals surface area contributed by atoms with Crippen molar-refractivity contribution < 1.29 is 9.13 Å². The van der Waals surface area contributed by atoms with E-state index in [1.165, 1.54) is 12.1 Å². The monoisotopic (exact) mass is 300 g/mol. The van der Waals surface area contributed by atoms with Gasteiger partial charge >= 0.3 is 0 Å². The van der Waals surface area contributed by atoms with E-state index in [1.54, 1.807) is 12.1 Å². The van der Waals surface area contributed by atoms with Gasteiger partial charge in [-0.2, -0.15) is 0 Å². The maximum atomic E-state index is 12.9. The average molecular weight is 300 g/mol. The molecule has 115 valence electrons. The topological polar surface area (TPSA) is 39.5 Å². The first-order valence-corrected chi connectivity index (χ1v) is 7.45. The van der Waals surface area contributed by atoms with Crippen LogP contribution in [-0.2, 0) is 0 Å². The summed E-state index contributed by atoms with van der Waals surface area (Å²) in [6.45, 7) is 2.89. The molecule has 1 unspecified atom stereocenters. The van der Waals surface area contributed by atoms with E-state index in [2.05, 4.69) is 16.9 Å². The van der Waals surface area contributed by atoms with Crippen LogP contribution in [0.5, 0.6) is 11.6 Å². The second kappa shape index (κ2) is 6.85. The number of aromatic nitrogens is 1.